The smallest absolute Gasteiger partial charge is 0.268 e. The third kappa shape index (κ3) is 3.53. The third-order valence-electron chi connectivity index (χ3n) is 6.66. The van der Waals surface area contributed by atoms with Gasteiger partial charge in [-0.05, 0) is 72.7 Å². The Kier molecular flexibility index (Phi) is 4.85. The van der Waals surface area contributed by atoms with Gasteiger partial charge in [-0.2, -0.15) is 0 Å². The lowest BCUT2D eigenvalue weighted by Crippen LogP contribution is -2.31. The first-order valence-corrected chi connectivity index (χ1v) is 12.0. The van der Waals surface area contributed by atoms with Crippen molar-refractivity contribution in [2.24, 2.45) is 0 Å². The number of hydrogen-bond acceptors (Lipinski definition) is 5. The molecule has 1 fully saturated rings. The first kappa shape index (κ1) is 19.7. The number of nitrogens with zero attached hydrogens (tertiary/aromatic N) is 2. The zero-order chi connectivity index (χ0) is 21.7. The predicted molar refractivity (Wildman–Crippen MR) is 128 cm³/mol. The zero-order valence-electron chi connectivity index (χ0n) is 18.0. The molecule has 1 N–H and O–H groups in total. The summed E-state index contributed by atoms with van der Waals surface area (Å²) in [4.78, 5) is 24.5. The van der Waals surface area contributed by atoms with Gasteiger partial charge >= 0.3 is 0 Å². The van der Waals surface area contributed by atoms with Crippen LogP contribution in [0.15, 0.2) is 59.4 Å². The molecule has 2 aromatic heterocycles. The van der Waals surface area contributed by atoms with Crippen molar-refractivity contribution in [3.8, 4) is 16.2 Å². The summed E-state index contributed by atoms with van der Waals surface area (Å²) in [5.74, 6) is 1.58. The number of fused-ring (bicyclic) bond motifs is 2. The lowest BCUT2D eigenvalue weighted by molar-refractivity contribution is 0.172. The van der Waals surface area contributed by atoms with Crippen LogP contribution < -0.4 is 10.3 Å². The van der Waals surface area contributed by atoms with Crippen LogP contribution >= 0.6 is 11.3 Å². The van der Waals surface area contributed by atoms with E-state index in [2.05, 4.69) is 34.1 Å². The number of nitrogens with one attached hydrogen (secondary N) is 1. The summed E-state index contributed by atoms with van der Waals surface area (Å²) in [7, 11) is 1.66. The first-order chi connectivity index (χ1) is 15.7. The van der Waals surface area contributed by atoms with E-state index in [9.17, 15) is 4.79 Å². The van der Waals surface area contributed by atoms with E-state index < -0.39 is 0 Å². The molecule has 6 heteroatoms. The average Bonchev–Trinajstić information content (AvgIpc) is 3.43. The van der Waals surface area contributed by atoms with E-state index in [1.807, 2.05) is 30.3 Å². The second-order valence-electron chi connectivity index (χ2n) is 8.72. The molecular formula is C26H25N3O2S. The average molecular weight is 444 g/mol. The van der Waals surface area contributed by atoms with Crippen molar-refractivity contribution < 1.29 is 4.74 Å². The van der Waals surface area contributed by atoms with Crippen molar-refractivity contribution in [1.82, 2.24) is 14.9 Å². The molecule has 2 aromatic carbocycles. The van der Waals surface area contributed by atoms with Crippen LogP contribution in [0.25, 0.3) is 20.7 Å². The Morgan fingerprint density at radius 2 is 1.94 bits per heavy atom. The number of methoxy groups -OCH3 is 1. The van der Waals surface area contributed by atoms with Gasteiger partial charge in [0.15, 0.2) is 0 Å². The number of benzene rings is 2. The van der Waals surface area contributed by atoms with E-state index in [1.54, 1.807) is 7.11 Å². The highest BCUT2D eigenvalue weighted by Crippen LogP contribution is 2.42. The zero-order valence-corrected chi connectivity index (χ0v) is 18.8. The Morgan fingerprint density at radius 3 is 2.72 bits per heavy atom. The topological polar surface area (TPSA) is 58.2 Å². The van der Waals surface area contributed by atoms with Gasteiger partial charge in [0.2, 0.25) is 0 Å². The fourth-order valence-electron chi connectivity index (χ4n) is 4.91. The molecule has 0 radical (unpaired) electrons. The van der Waals surface area contributed by atoms with Crippen LogP contribution in [0.4, 0.5) is 0 Å². The minimum Gasteiger partial charge on any atom is -0.497 e. The molecule has 162 valence electrons. The predicted octanol–water partition coefficient (Wildman–Crippen LogP) is 5.31. The quantitative estimate of drug-likeness (QED) is 0.439. The number of aryl methyl sites for hydroxylation is 1. The van der Waals surface area contributed by atoms with Crippen molar-refractivity contribution in [3.63, 3.8) is 0 Å². The Balaban J connectivity index is 1.32. The summed E-state index contributed by atoms with van der Waals surface area (Å²) < 4.78 is 5.94. The van der Waals surface area contributed by atoms with E-state index >= 15 is 0 Å². The number of H-pyrrole nitrogens is 1. The summed E-state index contributed by atoms with van der Waals surface area (Å²) in [5.41, 5.74) is 4.71. The summed E-state index contributed by atoms with van der Waals surface area (Å²) >= 11 is 1.49. The maximum absolute atomic E-state index is 12.9. The van der Waals surface area contributed by atoms with Crippen molar-refractivity contribution in [3.05, 3.63) is 81.9 Å². The molecule has 2 heterocycles. The van der Waals surface area contributed by atoms with Crippen molar-refractivity contribution >= 4 is 21.6 Å². The number of hydrogen-bond donors (Lipinski definition) is 1. The van der Waals surface area contributed by atoms with Crippen LogP contribution in [0.5, 0.6) is 5.75 Å². The molecule has 1 atom stereocenters. The molecule has 32 heavy (non-hydrogen) atoms. The molecule has 0 amide bonds. The molecule has 0 aliphatic heterocycles. The minimum atomic E-state index is -0.0441. The fourth-order valence-corrected chi connectivity index (χ4v) is 5.91. The third-order valence-corrected chi connectivity index (χ3v) is 7.83. The van der Waals surface area contributed by atoms with E-state index in [0.29, 0.717) is 23.3 Å². The molecule has 4 aromatic rings. The van der Waals surface area contributed by atoms with Crippen LogP contribution in [0.1, 0.15) is 42.3 Å². The summed E-state index contributed by atoms with van der Waals surface area (Å²) in [6.07, 6.45) is 4.72. The van der Waals surface area contributed by atoms with Gasteiger partial charge in [0, 0.05) is 17.0 Å². The highest BCUT2D eigenvalue weighted by molar-refractivity contribution is 7.22. The molecule has 6 rings (SSSR count). The Labute approximate surface area is 190 Å². The van der Waals surface area contributed by atoms with Crippen LogP contribution in [0.2, 0.25) is 0 Å². The molecule has 5 nitrogen and oxygen atoms in total. The highest BCUT2D eigenvalue weighted by atomic mass is 32.1. The molecule has 2 aliphatic rings. The van der Waals surface area contributed by atoms with Gasteiger partial charge in [0.05, 0.1) is 19.2 Å². The second kappa shape index (κ2) is 7.87. The number of rotatable bonds is 6. The summed E-state index contributed by atoms with van der Waals surface area (Å²) in [6.45, 7) is 0.683. The normalized spacial score (nSPS) is 17.8. The number of thiophene rings is 1. The largest absolute Gasteiger partial charge is 0.497 e. The van der Waals surface area contributed by atoms with Gasteiger partial charge in [-0.1, -0.05) is 24.3 Å². The van der Waals surface area contributed by atoms with Gasteiger partial charge in [0.25, 0.3) is 5.56 Å². The van der Waals surface area contributed by atoms with E-state index in [1.165, 1.54) is 35.3 Å². The molecule has 1 saturated carbocycles. The molecule has 0 saturated heterocycles. The monoisotopic (exact) mass is 443 g/mol. The van der Waals surface area contributed by atoms with Gasteiger partial charge in [0.1, 0.15) is 16.3 Å². The molecule has 0 spiro atoms. The Hall–Kier alpha value is -2.96. The maximum Gasteiger partial charge on any atom is 0.268 e. The van der Waals surface area contributed by atoms with Gasteiger partial charge in [-0.25, -0.2) is 4.98 Å². The van der Waals surface area contributed by atoms with Crippen LogP contribution in [-0.2, 0) is 13.0 Å². The van der Waals surface area contributed by atoms with Crippen LogP contribution in [-0.4, -0.2) is 28.0 Å². The van der Waals surface area contributed by atoms with Crippen LogP contribution in [0, 0.1) is 0 Å². The fraction of sp³-hybridized carbons (Fsp3) is 0.308. The molecule has 1 unspecified atom stereocenters. The maximum atomic E-state index is 12.9. The minimum absolute atomic E-state index is 0.0441. The SMILES string of the molecule is COc1ccc(-c2cc3nc(CN(C4CC4)C4CCc5ccccc54)[nH]c(=O)c3s2)cc1. The first-order valence-electron chi connectivity index (χ1n) is 11.2. The van der Waals surface area contributed by atoms with Gasteiger partial charge < -0.3 is 9.72 Å². The van der Waals surface area contributed by atoms with Crippen molar-refractivity contribution in [1.29, 1.82) is 0 Å². The van der Waals surface area contributed by atoms with Gasteiger partial charge in [-0.3, -0.25) is 9.69 Å². The van der Waals surface area contributed by atoms with Crippen molar-refractivity contribution in [2.45, 2.75) is 44.3 Å². The molecular weight excluding hydrogens is 418 g/mol. The van der Waals surface area contributed by atoms with Crippen molar-refractivity contribution in [2.75, 3.05) is 7.11 Å². The summed E-state index contributed by atoms with van der Waals surface area (Å²) in [5, 5.41) is 0. The lowest BCUT2D eigenvalue weighted by Gasteiger charge is -2.29. The second-order valence-corrected chi connectivity index (χ2v) is 9.78. The number of aromatic amines is 1. The Morgan fingerprint density at radius 1 is 1.12 bits per heavy atom. The highest BCUT2D eigenvalue weighted by Gasteiger charge is 2.37. The van der Waals surface area contributed by atoms with Gasteiger partial charge in [-0.15, -0.1) is 11.3 Å². The molecule has 0 bridgehead atoms. The standard InChI is InChI=1S/C26H25N3O2S/c1-31-19-11-6-17(7-12-19)23-14-21-25(32-23)26(30)28-24(27-21)15-29(18-9-10-18)22-13-8-16-4-2-3-5-20(16)22/h2-7,11-12,14,18,22H,8-10,13,15H2,1H3,(H,27,28,30). The lowest BCUT2D eigenvalue weighted by atomic mass is 10.1. The van der Waals surface area contributed by atoms with E-state index in [-0.39, 0.29) is 5.56 Å². The van der Waals surface area contributed by atoms with Crippen LogP contribution in [0.3, 0.4) is 0 Å². The number of ether oxygens (including phenoxy) is 1. The number of aromatic nitrogens is 2. The van der Waals surface area contributed by atoms with E-state index in [4.69, 9.17) is 9.72 Å². The molecule has 2 aliphatic carbocycles. The summed E-state index contributed by atoms with van der Waals surface area (Å²) in [6, 6.07) is 19.7. The Bertz CT molecular complexity index is 1340. The van der Waals surface area contributed by atoms with E-state index in [0.717, 1.165) is 40.4 Å².